The van der Waals surface area contributed by atoms with Gasteiger partial charge in [0, 0.05) is 39.1 Å². The predicted molar refractivity (Wildman–Crippen MR) is 71.1 cm³/mol. The molecule has 18 heavy (non-hydrogen) atoms. The number of likely N-dealkylation sites (tertiary alicyclic amines) is 1. The highest BCUT2D eigenvalue weighted by atomic mass is 16.5. The van der Waals surface area contributed by atoms with Crippen molar-refractivity contribution < 1.29 is 9.84 Å². The minimum atomic E-state index is -0.668. The van der Waals surface area contributed by atoms with Crippen LogP contribution in [0.2, 0.25) is 0 Å². The van der Waals surface area contributed by atoms with Gasteiger partial charge in [-0.2, -0.15) is 5.26 Å². The van der Waals surface area contributed by atoms with Gasteiger partial charge in [-0.05, 0) is 19.8 Å². The molecule has 0 saturated carbocycles. The van der Waals surface area contributed by atoms with Crippen molar-refractivity contribution in [2.75, 3.05) is 26.2 Å². The fourth-order valence-corrected chi connectivity index (χ4v) is 2.27. The third-order valence-corrected chi connectivity index (χ3v) is 4.08. The van der Waals surface area contributed by atoms with Crippen molar-refractivity contribution >= 4 is 0 Å². The standard InChI is InChI=1S/C14H26N2O2/c1-5-18-14(10-15)6-8-16(9-7-14)11-13(4,17)12(2)3/h12,17H,5-9,11H2,1-4H3. The molecule has 1 N–H and O–H groups in total. The van der Waals surface area contributed by atoms with E-state index in [-0.39, 0.29) is 5.92 Å². The molecule has 0 aliphatic carbocycles. The number of nitrogens with zero attached hydrogens (tertiary/aromatic N) is 2. The van der Waals surface area contributed by atoms with E-state index in [9.17, 15) is 10.4 Å². The van der Waals surface area contributed by atoms with E-state index in [0.717, 1.165) is 25.9 Å². The van der Waals surface area contributed by atoms with Crippen molar-refractivity contribution in [3.63, 3.8) is 0 Å². The maximum atomic E-state index is 10.3. The van der Waals surface area contributed by atoms with Crippen molar-refractivity contribution in [3.05, 3.63) is 0 Å². The van der Waals surface area contributed by atoms with Gasteiger partial charge in [0.1, 0.15) is 0 Å². The van der Waals surface area contributed by atoms with E-state index in [1.165, 1.54) is 0 Å². The van der Waals surface area contributed by atoms with Crippen LogP contribution < -0.4 is 0 Å². The Balaban J connectivity index is 2.52. The fourth-order valence-electron chi connectivity index (χ4n) is 2.27. The van der Waals surface area contributed by atoms with Crippen LogP contribution in [0.15, 0.2) is 0 Å². The van der Waals surface area contributed by atoms with E-state index in [1.807, 2.05) is 27.7 Å². The number of β-amino-alcohol motifs (C(OH)–C–C–N with tert-alkyl or cyclic N) is 1. The minimum absolute atomic E-state index is 0.229. The van der Waals surface area contributed by atoms with Crippen LogP contribution in [0.3, 0.4) is 0 Å². The highest BCUT2D eigenvalue weighted by Crippen LogP contribution is 2.27. The van der Waals surface area contributed by atoms with E-state index in [1.54, 1.807) is 0 Å². The Morgan fingerprint density at radius 2 is 2.00 bits per heavy atom. The Bertz CT molecular complexity index is 299. The molecule has 4 heteroatoms. The van der Waals surface area contributed by atoms with Crippen LogP contribution in [0.1, 0.15) is 40.5 Å². The molecule has 0 aromatic heterocycles. The number of ether oxygens (including phenoxy) is 1. The van der Waals surface area contributed by atoms with E-state index in [4.69, 9.17) is 4.74 Å². The van der Waals surface area contributed by atoms with Crippen LogP contribution in [0.5, 0.6) is 0 Å². The molecule has 0 amide bonds. The van der Waals surface area contributed by atoms with Gasteiger partial charge in [0.25, 0.3) is 0 Å². The molecule has 0 bridgehead atoms. The van der Waals surface area contributed by atoms with Gasteiger partial charge in [0.15, 0.2) is 5.60 Å². The summed E-state index contributed by atoms with van der Waals surface area (Å²) in [4.78, 5) is 2.23. The van der Waals surface area contributed by atoms with Gasteiger partial charge in [-0.25, -0.2) is 0 Å². The molecule has 1 aliphatic rings. The molecule has 0 aromatic carbocycles. The number of hydrogen-bond donors (Lipinski definition) is 1. The Hall–Kier alpha value is -0.630. The van der Waals surface area contributed by atoms with Gasteiger partial charge >= 0.3 is 0 Å². The number of nitriles is 1. The molecule has 0 aromatic rings. The molecule has 1 unspecified atom stereocenters. The van der Waals surface area contributed by atoms with Crippen LogP contribution in [0, 0.1) is 17.2 Å². The highest BCUT2D eigenvalue weighted by Gasteiger charge is 2.37. The largest absolute Gasteiger partial charge is 0.389 e. The van der Waals surface area contributed by atoms with E-state index in [2.05, 4.69) is 11.0 Å². The summed E-state index contributed by atoms with van der Waals surface area (Å²) >= 11 is 0. The summed E-state index contributed by atoms with van der Waals surface area (Å²) in [6, 6.07) is 2.31. The Morgan fingerprint density at radius 3 is 2.39 bits per heavy atom. The lowest BCUT2D eigenvalue weighted by molar-refractivity contribution is -0.0656. The van der Waals surface area contributed by atoms with Crippen LogP contribution >= 0.6 is 0 Å². The van der Waals surface area contributed by atoms with Crippen molar-refractivity contribution in [1.29, 1.82) is 5.26 Å². The van der Waals surface area contributed by atoms with E-state index in [0.29, 0.717) is 13.2 Å². The molecule has 1 saturated heterocycles. The molecule has 104 valence electrons. The lowest BCUT2D eigenvalue weighted by atomic mass is 9.88. The molecule has 4 nitrogen and oxygen atoms in total. The molecule has 0 spiro atoms. The van der Waals surface area contributed by atoms with Gasteiger partial charge in [0.05, 0.1) is 11.7 Å². The second kappa shape index (κ2) is 6.01. The summed E-state index contributed by atoms with van der Waals surface area (Å²) in [6.07, 6.45) is 1.46. The lowest BCUT2D eigenvalue weighted by Crippen LogP contribution is -2.51. The summed E-state index contributed by atoms with van der Waals surface area (Å²) < 4.78 is 5.60. The lowest BCUT2D eigenvalue weighted by Gasteiger charge is -2.40. The zero-order valence-corrected chi connectivity index (χ0v) is 12.1. The molecular formula is C14H26N2O2. The quantitative estimate of drug-likeness (QED) is 0.812. The Kier molecular flexibility index (Phi) is 5.15. The van der Waals surface area contributed by atoms with Crippen LogP contribution in [0.4, 0.5) is 0 Å². The molecular weight excluding hydrogens is 228 g/mol. The first kappa shape index (κ1) is 15.4. The minimum Gasteiger partial charge on any atom is -0.389 e. The smallest absolute Gasteiger partial charge is 0.156 e. The van der Waals surface area contributed by atoms with Gasteiger partial charge in [-0.3, -0.25) is 0 Å². The summed E-state index contributed by atoms with van der Waals surface area (Å²) in [5, 5.41) is 19.5. The predicted octanol–water partition coefficient (Wildman–Crippen LogP) is 1.79. The second-order valence-electron chi connectivity index (χ2n) is 5.83. The molecule has 1 atom stereocenters. The SMILES string of the molecule is CCOC1(C#N)CCN(CC(C)(O)C(C)C)CC1. The van der Waals surface area contributed by atoms with Crippen LogP contribution in [-0.2, 0) is 4.74 Å². The monoisotopic (exact) mass is 254 g/mol. The van der Waals surface area contributed by atoms with E-state index < -0.39 is 11.2 Å². The second-order valence-corrected chi connectivity index (χ2v) is 5.83. The topological polar surface area (TPSA) is 56.5 Å². The molecule has 1 fully saturated rings. The van der Waals surface area contributed by atoms with Crippen LogP contribution in [-0.4, -0.2) is 47.4 Å². The summed E-state index contributed by atoms with van der Waals surface area (Å²) in [6.45, 7) is 10.7. The number of piperidine rings is 1. The average molecular weight is 254 g/mol. The van der Waals surface area contributed by atoms with Gasteiger partial charge < -0.3 is 14.7 Å². The van der Waals surface area contributed by atoms with Gasteiger partial charge in [0.2, 0.25) is 0 Å². The number of rotatable bonds is 5. The Morgan fingerprint density at radius 1 is 1.44 bits per heavy atom. The third-order valence-electron chi connectivity index (χ3n) is 4.08. The number of hydrogen-bond acceptors (Lipinski definition) is 4. The van der Waals surface area contributed by atoms with Crippen LogP contribution in [0.25, 0.3) is 0 Å². The normalized spacial score (nSPS) is 23.6. The molecule has 1 aliphatic heterocycles. The first-order valence-electron chi connectivity index (χ1n) is 6.85. The fraction of sp³-hybridized carbons (Fsp3) is 0.929. The summed E-state index contributed by atoms with van der Waals surface area (Å²) in [7, 11) is 0. The maximum Gasteiger partial charge on any atom is 0.156 e. The zero-order chi connectivity index (χ0) is 13.8. The first-order valence-corrected chi connectivity index (χ1v) is 6.85. The zero-order valence-electron chi connectivity index (χ0n) is 12.1. The van der Waals surface area contributed by atoms with Crippen molar-refractivity contribution in [1.82, 2.24) is 4.90 Å². The third kappa shape index (κ3) is 3.68. The maximum absolute atomic E-state index is 10.3. The Labute approximate surface area is 111 Å². The van der Waals surface area contributed by atoms with Crippen molar-refractivity contribution in [3.8, 4) is 6.07 Å². The first-order chi connectivity index (χ1) is 8.35. The van der Waals surface area contributed by atoms with E-state index >= 15 is 0 Å². The van der Waals surface area contributed by atoms with Crippen molar-refractivity contribution in [2.24, 2.45) is 5.92 Å². The molecule has 0 radical (unpaired) electrons. The van der Waals surface area contributed by atoms with Gasteiger partial charge in [-0.15, -0.1) is 0 Å². The highest BCUT2D eigenvalue weighted by molar-refractivity contribution is 5.05. The average Bonchev–Trinajstić information content (AvgIpc) is 2.32. The molecule has 1 rings (SSSR count). The van der Waals surface area contributed by atoms with Crippen molar-refractivity contribution in [2.45, 2.75) is 51.7 Å². The number of aliphatic hydroxyl groups is 1. The summed E-state index contributed by atoms with van der Waals surface area (Å²) in [5.41, 5.74) is -1.27. The molecule has 1 heterocycles. The summed E-state index contributed by atoms with van der Waals surface area (Å²) in [5.74, 6) is 0.229. The van der Waals surface area contributed by atoms with Gasteiger partial charge in [-0.1, -0.05) is 13.8 Å².